The number of nitrogens with one attached hydrogen (secondary N) is 1. The number of benzene rings is 1. The van der Waals surface area contributed by atoms with Gasteiger partial charge in [0.1, 0.15) is 0 Å². The van der Waals surface area contributed by atoms with Crippen LogP contribution in [0, 0.1) is 0 Å². The Hall–Kier alpha value is -1.47. The van der Waals surface area contributed by atoms with Crippen molar-refractivity contribution in [1.82, 2.24) is 20.4 Å². The average molecular weight is 351 g/mol. The van der Waals surface area contributed by atoms with Crippen LogP contribution in [0.25, 0.3) is 11.4 Å². The molecule has 4 rings (SSSR count). The molecule has 0 radical (unpaired) electrons. The highest BCUT2D eigenvalue weighted by molar-refractivity contribution is 5.85. The van der Waals surface area contributed by atoms with Gasteiger partial charge in [-0.3, -0.25) is 4.90 Å². The molecule has 130 valence electrons. The summed E-state index contributed by atoms with van der Waals surface area (Å²) in [6.45, 7) is 6.60. The predicted octanol–water partition coefficient (Wildman–Crippen LogP) is 2.07. The lowest BCUT2D eigenvalue weighted by atomic mass is 10.1. The SMILES string of the molecule is Cl.c1cc(-c2noc([C@H]3CCNC3)n2)ccc1CN1CCOCC1. The largest absolute Gasteiger partial charge is 0.379 e. The average Bonchev–Trinajstić information content (AvgIpc) is 3.28. The first kappa shape index (κ1) is 17.4. The fourth-order valence-corrected chi connectivity index (χ4v) is 3.16. The normalized spacial score (nSPS) is 21.6. The van der Waals surface area contributed by atoms with Crippen LogP contribution >= 0.6 is 12.4 Å². The van der Waals surface area contributed by atoms with E-state index in [4.69, 9.17) is 9.26 Å². The van der Waals surface area contributed by atoms with Gasteiger partial charge in [-0.2, -0.15) is 4.98 Å². The van der Waals surface area contributed by atoms with Gasteiger partial charge in [0.2, 0.25) is 11.7 Å². The van der Waals surface area contributed by atoms with Crippen LogP contribution in [0.15, 0.2) is 28.8 Å². The molecule has 1 aromatic heterocycles. The van der Waals surface area contributed by atoms with Crippen LogP contribution in [0.4, 0.5) is 0 Å². The summed E-state index contributed by atoms with van der Waals surface area (Å²) in [4.78, 5) is 6.98. The molecule has 0 unspecified atom stereocenters. The zero-order chi connectivity index (χ0) is 15.5. The lowest BCUT2D eigenvalue weighted by molar-refractivity contribution is 0.0342. The van der Waals surface area contributed by atoms with E-state index in [0.717, 1.165) is 63.8 Å². The highest BCUT2D eigenvalue weighted by Crippen LogP contribution is 2.24. The fourth-order valence-electron chi connectivity index (χ4n) is 3.16. The summed E-state index contributed by atoms with van der Waals surface area (Å²) in [5, 5.41) is 7.46. The van der Waals surface area contributed by atoms with Gasteiger partial charge < -0.3 is 14.6 Å². The Bertz CT molecular complexity index is 634. The fraction of sp³-hybridized carbons (Fsp3) is 0.529. The predicted molar refractivity (Wildman–Crippen MR) is 93.3 cm³/mol. The molecule has 2 saturated heterocycles. The minimum atomic E-state index is 0. The Balaban J connectivity index is 0.00000169. The summed E-state index contributed by atoms with van der Waals surface area (Å²) in [7, 11) is 0. The maximum Gasteiger partial charge on any atom is 0.231 e. The molecule has 0 saturated carbocycles. The number of halogens is 1. The van der Waals surface area contributed by atoms with E-state index in [2.05, 4.69) is 44.6 Å². The van der Waals surface area contributed by atoms with E-state index in [-0.39, 0.29) is 12.4 Å². The van der Waals surface area contributed by atoms with Gasteiger partial charge in [-0.05, 0) is 18.5 Å². The summed E-state index contributed by atoms with van der Waals surface area (Å²) >= 11 is 0. The highest BCUT2D eigenvalue weighted by Gasteiger charge is 2.23. The Labute approximate surface area is 148 Å². The standard InChI is InChI=1S/C17H22N4O2.ClH/c1-3-14(4-2-13(1)12-21-7-9-22-10-8-21)16-19-17(23-20-16)15-5-6-18-11-15;/h1-4,15,18H,5-12H2;1H/t15-;/m0./s1. The van der Waals surface area contributed by atoms with E-state index in [1.165, 1.54) is 5.56 Å². The second-order valence-corrected chi connectivity index (χ2v) is 6.23. The van der Waals surface area contributed by atoms with Crippen LogP contribution < -0.4 is 5.32 Å². The van der Waals surface area contributed by atoms with Crippen molar-refractivity contribution in [3.05, 3.63) is 35.7 Å². The van der Waals surface area contributed by atoms with Crippen molar-refractivity contribution in [2.24, 2.45) is 0 Å². The second kappa shape index (κ2) is 8.07. The molecule has 2 fully saturated rings. The lowest BCUT2D eigenvalue weighted by Gasteiger charge is -2.26. The molecule has 7 heteroatoms. The van der Waals surface area contributed by atoms with E-state index in [1.807, 2.05) is 0 Å². The molecular weight excluding hydrogens is 328 g/mol. The highest BCUT2D eigenvalue weighted by atomic mass is 35.5. The molecule has 2 aromatic rings. The molecule has 1 aromatic carbocycles. The molecule has 1 N–H and O–H groups in total. The Kier molecular flexibility index (Phi) is 5.84. The van der Waals surface area contributed by atoms with E-state index < -0.39 is 0 Å². The van der Waals surface area contributed by atoms with Gasteiger partial charge in [-0.25, -0.2) is 0 Å². The van der Waals surface area contributed by atoms with Crippen LogP contribution in [0.1, 0.15) is 23.8 Å². The third-order valence-corrected chi connectivity index (χ3v) is 4.57. The maximum atomic E-state index is 5.43. The monoisotopic (exact) mass is 350 g/mol. The van der Waals surface area contributed by atoms with Crippen molar-refractivity contribution in [3.63, 3.8) is 0 Å². The molecule has 1 atom stereocenters. The number of aromatic nitrogens is 2. The smallest absolute Gasteiger partial charge is 0.231 e. The minimum absolute atomic E-state index is 0. The van der Waals surface area contributed by atoms with Gasteiger partial charge >= 0.3 is 0 Å². The lowest BCUT2D eigenvalue weighted by Crippen LogP contribution is -2.35. The molecule has 3 heterocycles. The summed E-state index contributed by atoms with van der Waals surface area (Å²) < 4.78 is 10.8. The van der Waals surface area contributed by atoms with Gasteiger partial charge in [-0.15, -0.1) is 12.4 Å². The van der Waals surface area contributed by atoms with Crippen molar-refractivity contribution in [3.8, 4) is 11.4 Å². The summed E-state index contributed by atoms with van der Waals surface area (Å²) in [5.41, 5.74) is 2.32. The third kappa shape index (κ3) is 3.95. The summed E-state index contributed by atoms with van der Waals surface area (Å²) in [6.07, 6.45) is 1.07. The quantitative estimate of drug-likeness (QED) is 0.910. The van der Waals surface area contributed by atoms with Gasteiger partial charge in [-0.1, -0.05) is 29.4 Å². The topological polar surface area (TPSA) is 63.4 Å². The molecule has 2 aliphatic rings. The maximum absolute atomic E-state index is 5.43. The number of hydrogen-bond donors (Lipinski definition) is 1. The van der Waals surface area contributed by atoms with Crippen molar-refractivity contribution in [1.29, 1.82) is 0 Å². The molecule has 6 nitrogen and oxygen atoms in total. The van der Waals surface area contributed by atoms with E-state index in [1.54, 1.807) is 0 Å². The third-order valence-electron chi connectivity index (χ3n) is 4.57. The van der Waals surface area contributed by atoms with Crippen molar-refractivity contribution in [2.75, 3.05) is 39.4 Å². The molecular formula is C17H23ClN4O2. The molecule has 24 heavy (non-hydrogen) atoms. The first-order valence-electron chi connectivity index (χ1n) is 8.32. The Morgan fingerprint density at radius 2 is 1.96 bits per heavy atom. The minimum Gasteiger partial charge on any atom is -0.379 e. The number of hydrogen-bond acceptors (Lipinski definition) is 6. The molecule has 0 bridgehead atoms. The number of ether oxygens (including phenoxy) is 1. The van der Waals surface area contributed by atoms with Crippen LogP contribution in [0.3, 0.4) is 0 Å². The van der Waals surface area contributed by atoms with Crippen LogP contribution in [-0.4, -0.2) is 54.4 Å². The number of rotatable bonds is 4. The van der Waals surface area contributed by atoms with Crippen LogP contribution in [-0.2, 0) is 11.3 Å². The zero-order valence-electron chi connectivity index (χ0n) is 13.6. The van der Waals surface area contributed by atoms with Crippen LogP contribution in [0.2, 0.25) is 0 Å². The molecule has 2 aliphatic heterocycles. The van der Waals surface area contributed by atoms with E-state index in [9.17, 15) is 0 Å². The van der Waals surface area contributed by atoms with Gasteiger partial charge in [0.25, 0.3) is 0 Å². The molecule has 0 amide bonds. The molecule has 0 aliphatic carbocycles. The first-order chi connectivity index (χ1) is 11.4. The zero-order valence-corrected chi connectivity index (χ0v) is 14.4. The van der Waals surface area contributed by atoms with Crippen LogP contribution in [0.5, 0.6) is 0 Å². The van der Waals surface area contributed by atoms with Gasteiger partial charge in [0.15, 0.2) is 0 Å². The Morgan fingerprint density at radius 1 is 1.17 bits per heavy atom. The first-order valence-corrected chi connectivity index (χ1v) is 8.32. The van der Waals surface area contributed by atoms with Crippen molar-refractivity contribution < 1.29 is 9.26 Å². The van der Waals surface area contributed by atoms with Gasteiger partial charge in [0.05, 0.1) is 19.1 Å². The second-order valence-electron chi connectivity index (χ2n) is 6.23. The van der Waals surface area contributed by atoms with E-state index >= 15 is 0 Å². The summed E-state index contributed by atoms with van der Waals surface area (Å²) in [5.74, 6) is 1.80. The van der Waals surface area contributed by atoms with Crippen molar-refractivity contribution >= 4 is 12.4 Å². The summed E-state index contributed by atoms with van der Waals surface area (Å²) in [6, 6.07) is 8.46. The Morgan fingerprint density at radius 3 is 2.67 bits per heavy atom. The number of nitrogens with zero attached hydrogens (tertiary/aromatic N) is 3. The van der Waals surface area contributed by atoms with Crippen molar-refractivity contribution in [2.45, 2.75) is 18.9 Å². The van der Waals surface area contributed by atoms with E-state index in [0.29, 0.717) is 11.7 Å². The molecule has 0 spiro atoms. The number of morpholine rings is 1. The van der Waals surface area contributed by atoms with Gasteiger partial charge in [0, 0.05) is 31.7 Å².